The van der Waals surface area contributed by atoms with Crippen LogP contribution in [0.4, 0.5) is 0 Å². The fourth-order valence-corrected chi connectivity index (χ4v) is 2.47. The molecule has 1 amide bonds. The molecule has 0 aromatic heterocycles. The SMILES string of the molecule is Cc1ccc(/C=C/C(=O)N/N=C\c2c(O)ccc3ccccc23)cc1. The van der Waals surface area contributed by atoms with Crippen molar-refractivity contribution in [3.05, 3.63) is 83.4 Å². The first-order chi connectivity index (χ1) is 12.1. The van der Waals surface area contributed by atoms with Gasteiger partial charge in [0.05, 0.1) is 6.21 Å². The van der Waals surface area contributed by atoms with Gasteiger partial charge in [0.1, 0.15) is 5.75 Å². The summed E-state index contributed by atoms with van der Waals surface area (Å²) in [6.07, 6.45) is 4.60. The molecule has 3 rings (SSSR count). The molecular formula is C21H18N2O2. The van der Waals surface area contributed by atoms with Crippen molar-refractivity contribution in [3.8, 4) is 5.75 Å². The summed E-state index contributed by atoms with van der Waals surface area (Å²) in [5.74, 6) is -0.219. The van der Waals surface area contributed by atoms with Gasteiger partial charge in [-0.3, -0.25) is 4.79 Å². The Hall–Kier alpha value is -3.40. The molecule has 0 fully saturated rings. The molecular weight excluding hydrogens is 312 g/mol. The van der Waals surface area contributed by atoms with Crippen molar-refractivity contribution in [1.82, 2.24) is 5.43 Å². The van der Waals surface area contributed by atoms with E-state index in [1.807, 2.05) is 61.5 Å². The van der Waals surface area contributed by atoms with Crippen LogP contribution in [0.15, 0.2) is 71.8 Å². The summed E-state index contributed by atoms with van der Waals surface area (Å²) in [6, 6.07) is 19.0. The van der Waals surface area contributed by atoms with Crippen molar-refractivity contribution in [2.75, 3.05) is 0 Å². The van der Waals surface area contributed by atoms with Crippen LogP contribution in [0.2, 0.25) is 0 Å². The zero-order chi connectivity index (χ0) is 17.6. The monoisotopic (exact) mass is 330 g/mol. The Bertz CT molecular complexity index is 957. The first kappa shape index (κ1) is 16.5. The molecule has 0 aliphatic carbocycles. The number of rotatable bonds is 4. The number of fused-ring (bicyclic) bond motifs is 1. The minimum absolute atomic E-state index is 0.117. The second-order valence-electron chi connectivity index (χ2n) is 5.70. The third-order valence-corrected chi connectivity index (χ3v) is 3.82. The number of hydrogen-bond donors (Lipinski definition) is 2. The largest absolute Gasteiger partial charge is 0.507 e. The van der Waals surface area contributed by atoms with E-state index < -0.39 is 0 Å². The maximum absolute atomic E-state index is 11.8. The number of hydrogen-bond acceptors (Lipinski definition) is 3. The molecule has 124 valence electrons. The molecule has 3 aromatic carbocycles. The minimum Gasteiger partial charge on any atom is -0.507 e. The lowest BCUT2D eigenvalue weighted by Crippen LogP contribution is -2.14. The molecule has 0 radical (unpaired) electrons. The van der Waals surface area contributed by atoms with Gasteiger partial charge in [-0.25, -0.2) is 5.43 Å². The number of phenolic OH excluding ortho intramolecular Hbond substituents is 1. The van der Waals surface area contributed by atoms with E-state index in [0.29, 0.717) is 5.56 Å². The predicted molar refractivity (Wildman–Crippen MR) is 102 cm³/mol. The van der Waals surface area contributed by atoms with Crippen LogP contribution in [-0.2, 0) is 4.79 Å². The molecule has 0 saturated heterocycles. The molecule has 0 bridgehead atoms. The van der Waals surface area contributed by atoms with Crippen LogP contribution in [0.3, 0.4) is 0 Å². The quantitative estimate of drug-likeness (QED) is 0.431. The molecule has 4 heteroatoms. The maximum Gasteiger partial charge on any atom is 0.264 e. The third kappa shape index (κ3) is 4.12. The average Bonchev–Trinajstić information content (AvgIpc) is 2.63. The highest BCUT2D eigenvalue weighted by molar-refractivity contribution is 6.02. The highest BCUT2D eigenvalue weighted by atomic mass is 16.3. The van der Waals surface area contributed by atoms with E-state index in [-0.39, 0.29) is 11.7 Å². The van der Waals surface area contributed by atoms with Crippen LogP contribution in [-0.4, -0.2) is 17.2 Å². The number of amides is 1. The lowest BCUT2D eigenvalue weighted by molar-refractivity contribution is -0.116. The Morgan fingerprint density at radius 2 is 1.80 bits per heavy atom. The smallest absolute Gasteiger partial charge is 0.264 e. The molecule has 4 nitrogen and oxygen atoms in total. The van der Waals surface area contributed by atoms with Gasteiger partial charge in [0.25, 0.3) is 5.91 Å². The Balaban J connectivity index is 1.70. The van der Waals surface area contributed by atoms with E-state index in [4.69, 9.17) is 0 Å². The number of carbonyl (C=O) groups is 1. The molecule has 0 heterocycles. The summed E-state index contributed by atoms with van der Waals surface area (Å²) in [5, 5.41) is 15.8. The average molecular weight is 330 g/mol. The van der Waals surface area contributed by atoms with Crippen LogP contribution in [0, 0.1) is 6.92 Å². The molecule has 0 aliphatic rings. The van der Waals surface area contributed by atoms with Gasteiger partial charge in [-0.2, -0.15) is 5.10 Å². The number of nitrogens with one attached hydrogen (secondary N) is 1. The van der Waals surface area contributed by atoms with Crippen LogP contribution < -0.4 is 5.43 Å². The Morgan fingerprint density at radius 3 is 2.60 bits per heavy atom. The number of benzene rings is 3. The first-order valence-electron chi connectivity index (χ1n) is 7.92. The van der Waals surface area contributed by atoms with Crippen molar-refractivity contribution in [2.45, 2.75) is 6.92 Å². The number of phenols is 1. The highest BCUT2D eigenvalue weighted by Gasteiger charge is 2.04. The van der Waals surface area contributed by atoms with Gasteiger partial charge in [0.2, 0.25) is 0 Å². The van der Waals surface area contributed by atoms with E-state index in [1.165, 1.54) is 17.9 Å². The molecule has 3 aromatic rings. The summed E-state index contributed by atoms with van der Waals surface area (Å²) in [7, 11) is 0. The molecule has 2 N–H and O–H groups in total. The number of hydrazone groups is 1. The topological polar surface area (TPSA) is 61.7 Å². The summed E-state index contributed by atoms with van der Waals surface area (Å²) in [5.41, 5.74) is 5.12. The normalized spacial score (nSPS) is 11.4. The molecule has 0 atom stereocenters. The third-order valence-electron chi connectivity index (χ3n) is 3.82. The standard InChI is InChI=1S/C21H18N2O2/c1-15-6-8-16(9-7-15)10-13-21(25)23-22-14-19-18-5-3-2-4-17(18)11-12-20(19)24/h2-14,24H,1H3,(H,23,25)/b13-10+,22-14-. The van der Waals surface area contributed by atoms with Crippen LogP contribution in [0.25, 0.3) is 16.8 Å². The summed E-state index contributed by atoms with van der Waals surface area (Å²) in [4.78, 5) is 11.8. The summed E-state index contributed by atoms with van der Waals surface area (Å²) in [6.45, 7) is 2.01. The Kier molecular flexibility index (Phi) is 4.90. The molecule has 0 unspecified atom stereocenters. The van der Waals surface area contributed by atoms with Crippen molar-refractivity contribution in [2.24, 2.45) is 5.10 Å². The van der Waals surface area contributed by atoms with E-state index in [1.54, 1.807) is 12.1 Å². The zero-order valence-electron chi connectivity index (χ0n) is 13.8. The summed E-state index contributed by atoms with van der Waals surface area (Å²) < 4.78 is 0. The molecule has 25 heavy (non-hydrogen) atoms. The number of carbonyl (C=O) groups excluding carboxylic acids is 1. The lowest BCUT2D eigenvalue weighted by Gasteiger charge is -2.04. The fourth-order valence-electron chi connectivity index (χ4n) is 2.47. The molecule has 0 spiro atoms. The molecule has 0 saturated carbocycles. The van der Waals surface area contributed by atoms with E-state index in [2.05, 4.69) is 10.5 Å². The van der Waals surface area contributed by atoms with Gasteiger partial charge in [-0.05, 0) is 35.4 Å². The number of aromatic hydroxyl groups is 1. The molecule has 0 aliphatic heterocycles. The second-order valence-corrected chi connectivity index (χ2v) is 5.70. The van der Waals surface area contributed by atoms with Crippen molar-refractivity contribution in [3.63, 3.8) is 0 Å². The van der Waals surface area contributed by atoms with E-state index in [0.717, 1.165) is 16.3 Å². The first-order valence-corrected chi connectivity index (χ1v) is 7.92. The van der Waals surface area contributed by atoms with Gasteiger partial charge < -0.3 is 5.11 Å². The number of nitrogens with zero attached hydrogens (tertiary/aromatic N) is 1. The maximum atomic E-state index is 11.8. The van der Waals surface area contributed by atoms with Gasteiger partial charge in [-0.1, -0.05) is 60.2 Å². The highest BCUT2D eigenvalue weighted by Crippen LogP contribution is 2.25. The Labute approximate surface area is 146 Å². The van der Waals surface area contributed by atoms with Gasteiger partial charge in [0, 0.05) is 11.6 Å². The fraction of sp³-hybridized carbons (Fsp3) is 0.0476. The van der Waals surface area contributed by atoms with Crippen LogP contribution >= 0.6 is 0 Å². The minimum atomic E-state index is -0.337. The zero-order valence-corrected chi connectivity index (χ0v) is 13.8. The van der Waals surface area contributed by atoms with Crippen LogP contribution in [0.5, 0.6) is 5.75 Å². The summed E-state index contributed by atoms with van der Waals surface area (Å²) >= 11 is 0. The van der Waals surface area contributed by atoms with Crippen molar-refractivity contribution in [1.29, 1.82) is 0 Å². The van der Waals surface area contributed by atoms with E-state index in [9.17, 15) is 9.90 Å². The van der Waals surface area contributed by atoms with Crippen molar-refractivity contribution < 1.29 is 9.90 Å². The lowest BCUT2D eigenvalue weighted by atomic mass is 10.0. The Morgan fingerprint density at radius 1 is 1.04 bits per heavy atom. The van der Waals surface area contributed by atoms with Gasteiger partial charge in [0.15, 0.2) is 0 Å². The van der Waals surface area contributed by atoms with Crippen LogP contribution in [0.1, 0.15) is 16.7 Å². The van der Waals surface area contributed by atoms with Gasteiger partial charge >= 0.3 is 0 Å². The number of aryl methyl sites for hydroxylation is 1. The second kappa shape index (κ2) is 7.45. The van der Waals surface area contributed by atoms with E-state index >= 15 is 0 Å². The van der Waals surface area contributed by atoms with Crippen molar-refractivity contribution >= 4 is 29.0 Å². The van der Waals surface area contributed by atoms with Gasteiger partial charge in [-0.15, -0.1) is 0 Å². The predicted octanol–water partition coefficient (Wildman–Crippen LogP) is 4.02.